The summed E-state index contributed by atoms with van der Waals surface area (Å²) in [5.74, 6) is -0.285. The molecule has 1 aromatic carbocycles. The van der Waals surface area contributed by atoms with E-state index < -0.39 is 0 Å². The Labute approximate surface area is 237 Å². The minimum atomic E-state index is -0.285. The number of fused-ring (bicyclic) bond motifs is 1. The predicted molar refractivity (Wildman–Crippen MR) is 168 cm³/mol. The zero-order valence-corrected chi connectivity index (χ0v) is 24.2. The number of nitrogens with one attached hydrogen (secondary N) is 3. The zero-order valence-electron chi connectivity index (χ0n) is 24.2. The van der Waals surface area contributed by atoms with Gasteiger partial charge in [-0.05, 0) is 87.2 Å². The van der Waals surface area contributed by atoms with Crippen molar-refractivity contribution in [3.05, 3.63) is 138 Å². The van der Waals surface area contributed by atoms with Crippen molar-refractivity contribution in [2.45, 2.75) is 20.3 Å². The van der Waals surface area contributed by atoms with Gasteiger partial charge in [-0.3, -0.25) is 4.98 Å². The molecular weight excluding hydrogens is 497 g/mol. The standard InChI is InChI=1S/C34H40FN5/c1-9-25(26(10-2)19-30(11-3)38-23(4)22-40(7)8)17-28(24(5)36-6)20-31-21-32-33(39-31)15-16-37-34(32)27-13-12-14-29(35)18-27/h9-19,21,36,38-39H,3-5,20,22H2,1-2,6-8H3/b25-9+,26-10+,28-17-,30-19+. The van der Waals surface area contributed by atoms with E-state index in [2.05, 4.69) is 75.6 Å². The molecule has 0 aliphatic carbocycles. The summed E-state index contributed by atoms with van der Waals surface area (Å²) in [6.45, 7) is 17.1. The number of hydrogen-bond donors (Lipinski definition) is 3. The van der Waals surface area contributed by atoms with Gasteiger partial charge < -0.3 is 20.5 Å². The summed E-state index contributed by atoms with van der Waals surface area (Å²) in [7, 11) is 5.88. The van der Waals surface area contributed by atoms with Crippen LogP contribution in [-0.2, 0) is 6.42 Å². The minimum absolute atomic E-state index is 0.285. The van der Waals surface area contributed by atoms with E-state index >= 15 is 0 Å². The van der Waals surface area contributed by atoms with Gasteiger partial charge in [-0.25, -0.2) is 4.39 Å². The SMILES string of the molecule is C=C\C(=C/C(=C\C)C(/C=C(/Cc1cc2c(-c3cccc(F)c3)nccc2[nH]1)C(=C)NC)=C/C)NC(=C)CN(C)C. The lowest BCUT2D eigenvalue weighted by molar-refractivity contribution is 0.438. The summed E-state index contributed by atoms with van der Waals surface area (Å²) in [5, 5.41) is 7.51. The zero-order chi connectivity index (χ0) is 29.2. The van der Waals surface area contributed by atoms with Gasteiger partial charge in [-0.15, -0.1) is 0 Å². The number of hydrogen-bond acceptors (Lipinski definition) is 4. The highest BCUT2D eigenvalue weighted by Crippen LogP contribution is 2.29. The number of nitrogens with zero attached hydrogens (tertiary/aromatic N) is 2. The highest BCUT2D eigenvalue weighted by molar-refractivity contribution is 5.93. The van der Waals surface area contributed by atoms with E-state index in [1.54, 1.807) is 18.3 Å². The minimum Gasteiger partial charge on any atom is -0.388 e. The van der Waals surface area contributed by atoms with Crippen LogP contribution in [0.5, 0.6) is 0 Å². The van der Waals surface area contributed by atoms with Crippen LogP contribution < -0.4 is 10.6 Å². The molecule has 2 heterocycles. The summed E-state index contributed by atoms with van der Waals surface area (Å²) in [6, 6.07) is 10.5. The number of H-pyrrole nitrogens is 1. The first kappa shape index (κ1) is 30.1. The van der Waals surface area contributed by atoms with E-state index in [-0.39, 0.29) is 5.82 Å². The molecule has 0 fully saturated rings. The van der Waals surface area contributed by atoms with Crippen molar-refractivity contribution in [1.82, 2.24) is 25.5 Å². The van der Waals surface area contributed by atoms with E-state index in [4.69, 9.17) is 0 Å². The smallest absolute Gasteiger partial charge is 0.123 e. The Morgan fingerprint density at radius 2 is 1.80 bits per heavy atom. The molecule has 0 aliphatic heterocycles. The van der Waals surface area contributed by atoms with Gasteiger partial charge in [0.2, 0.25) is 0 Å². The van der Waals surface area contributed by atoms with E-state index in [0.29, 0.717) is 6.42 Å². The largest absolute Gasteiger partial charge is 0.388 e. The van der Waals surface area contributed by atoms with Crippen LogP contribution in [0.1, 0.15) is 19.5 Å². The van der Waals surface area contributed by atoms with Gasteiger partial charge >= 0.3 is 0 Å². The van der Waals surface area contributed by atoms with Crippen LogP contribution in [-0.4, -0.2) is 42.6 Å². The Balaban J connectivity index is 1.96. The maximum Gasteiger partial charge on any atom is 0.123 e. The molecule has 5 nitrogen and oxygen atoms in total. The number of aromatic amines is 1. The molecule has 0 unspecified atom stereocenters. The second-order valence-corrected chi connectivity index (χ2v) is 9.76. The average molecular weight is 538 g/mol. The second-order valence-electron chi connectivity index (χ2n) is 9.76. The Kier molecular flexibility index (Phi) is 10.6. The molecule has 208 valence electrons. The van der Waals surface area contributed by atoms with Crippen LogP contribution in [0.3, 0.4) is 0 Å². The number of allylic oxidation sites excluding steroid dienone is 8. The average Bonchev–Trinajstić information content (AvgIpc) is 3.35. The molecule has 3 aromatic rings. The molecule has 2 aromatic heterocycles. The van der Waals surface area contributed by atoms with E-state index in [1.165, 1.54) is 12.1 Å². The van der Waals surface area contributed by atoms with Crippen LogP contribution in [0.15, 0.2) is 127 Å². The Morgan fingerprint density at radius 1 is 1.07 bits per heavy atom. The van der Waals surface area contributed by atoms with Crippen molar-refractivity contribution in [2.75, 3.05) is 27.7 Å². The van der Waals surface area contributed by atoms with Gasteiger partial charge in [0.1, 0.15) is 5.82 Å². The van der Waals surface area contributed by atoms with Crippen molar-refractivity contribution in [2.24, 2.45) is 0 Å². The lowest BCUT2D eigenvalue weighted by Gasteiger charge is -2.16. The second kappa shape index (κ2) is 14.1. The molecule has 0 atom stereocenters. The van der Waals surface area contributed by atoms with Crippen LogP contribution in [0.4, 0.5) is 4.39 Å². The molecule has 0 bridgehead atoms. The Morgan fingerprint density at radius 3 is 2.42 bits per heavy atom. The van der Waals surface area contributed by atoms with Gasteiger partial charge in [-0.1, -0.05) is 44.0 Å². The fraction of sp³-hybridized carbons (Fsp3) is 0.206. The quantitative estimate of drug-likeness (QED) is 0.202. The van der Waals surface area contributed by atoms with Gasteiger partial charge in [0.15, 0.2) is 0 Å². The number of aromatic nitrogens is 2. The molecule has 0 amide bonds. The van der Waals surface area contributed by atoms with Crippen LogP contribution in [0, 0.1) is 5.82 Å². The highest BCUT2D eigenvalue weighted by Gasteiger charge is 2.13. The molecule has 0 spiro atoms. The first-order valence-corrected chi connectivity index (χ1v) is 13.3. The van der Waals surface area contributed by atoms with Gasteiger partial charge in [0, 0.05) is 65.5 Å². The lowest BCUT2D eigenvalue weighted by Crippen LogP contribution is -2.23. The molecule has 40 heavy (non-hydrogen) atoms. The third kappa shape index (κ3) is 7.80. The lowest BCUT2D eigenvalue weighted by atomic mass is 9.97. The fourth-order valence-corrected chi connectivity index (χ4v) is 4.48. The molecule has 0 radical (unpaired) electrons. The number of pyridine rings is 1. The Hall–Kier alpha value is -4.42. The summed E-state index contributed by atoms with van der Waals surface area (Å²) in [5.41, 5.74) is 9.13. The summed E-state index contributed by atoms with van der Waals surface area (Å²) >= 11 is 0. The fourth-order valence-electron chi connectivity index (χ4n) is 4.48. The summed E-state index contributed by atoms with van der Waals surface area (Å²) in [4.78, 5) is 10.1. The van der Waals surface area contributed by atoms with Gasteiger partial charge in [0.25, 0.3) is 0 Å². The molecular formula is C34H40FN5. The van der Waals surface area contributed by atoms with E-state index in [1.807, 2.05) is 47.1 Å². The predicted octanol–water partition coefficient (Wildman–Crippen LogP) is 7.20. The number of rotatable bonds is 13. The molecule has 6 heteroatoms. The monoisotopic (exact) mass is 537 g/mol. The topological polar surface area (TPSA) is 56.0 Å². The number of benzene rings is 1. The Bertz CT molecular complexity index is 1510. The number of likely N-dealkylation sites (N-methyl/N-ethyl adjacent to an activating group) is 2. The first-order valence-electron chi connectivity index (χ1n) is 13.3. The van der Waals surface area contributed by atoms with E-state index in [0.717, 1.165) is 68.2 Å². The molecule has 0 saturated heterocycles. The van der Waals surface area contributed by atoms with Crippen molar-refractivity contribution in [1.29, 1.82) is 0 Å². The van der Waals surface area contributed by atoms with Crippen molar-refractivity contribution in [3.63, 3.8) is 0 Å². The maximum atomic E-state index is 13.9. The van der Waals surface area contributed by atoms with Crippen molar-refractivity contribution >= 4 is 10.9 Å². The van der Waals surface area contributed by atoms with Crippen molar-refractivity contribution in [3.8, 4) is 11.3 Å². The van der Waals surface area contributed by atoms with Crippen molar-refractivity contribution < 1.29 is 4.39 Å². The summed E-state index contributed by atoms with van der Waals surface area (Å²) < 4.78 is 13.9. The molecule has 3 N–H and O–H groups in total. The third-order valence-electron chi connectivity index (χ3n) is 6.42. The molecule has 0 saturated carbocycles. The maximum absolute atomic E-state index is 13.9. The first-order chi connectivity index (χ1) is 19.2. The van der Waals surface area contributed by atoms with Crippen LogP contribution in [0.25, 0.3) is 22.2 Å². The molecule has 0 aliphatic rings. The van der Waals surface area contributed by atoms with Gasteiger partial charge in [-0.2, -0.15) is 0 Å². The van der Waals surface area contributed by atoms with E-state index in [9.17, 15) is 4.39 Å². The number of halogens is 1. The molecule has 3 rings (SSSR count). The van der Waals surface area contributed by atoms with Crippen LogP contribution >= 0.6 is 0 Å². The van der Waals surface area contributed by atoms with Gasteiger partial charge in [0.05, 0.1) is 5.69 Å². The highest BCUT2D eigenvalue weighted by atomic mass is 19.1. The van der Waals surface area contributed by atoms with Crippen LogP contribution in [0.2, 0.25) is 0 Å². The summed E-state index contributed by atoms with van der Waals surface area (Å²) in [6.07, 6.45) is 12.5. The normalized spacial score (nSPS) is 13.1. The third-order valence-corrected chi connectivity index (χ3v) is 6.42.